The second kappa shape index (κ2) is 9.48. The molecule has 0 bridgehead atoms. The van der Waals surface area contributed by atoms with Gasteiger partial charge in [0.25, 0.3) is 5.91 Å². The van der Waals surface area contributed by atoms with Crippen LogP contribution in [0.25, 0.3) is 22.2 Å². The lowest BCUT2D eigenvalue weighted by atomic mass is 10.2. The fraction of sp³-hybridized carbons (Fsp3) is 0.280. The number of nitrogen functional groups attached to an aromatic ring is 1. The predicted octanol–water partition coefficient (Wildman–Crippen LogP) is 3.36. The van der Waals surface area contributed by atoms with Crippen molar-refractivity contribution in [1.82, 2.24) is 20.0 Å². The molecule has 1 saturated heterocycles. The summed E-state index contributed by atoms with van der Waals surface area (Å²) in [4.78, 5) is 22.6. The fourth-order valence-electron chi connectivity index (χ4n) is 4.03. The third-order valence-corrected chi connectivity index (χ3v) is 5.73. The number of aromatic nitrogens is 3. The van der Waals surface area contributed by atoms with Gasteiger partial charge in [-0.3, -0.25) is 4.79 Å². The third kappa shape index (κ3) is 4.29. The Bertz CT molecular complexity index is 1360. The van der Waals surface area contributed by atoms with E-state index in [2.05, 4.69) is 10.4 Å². The molecule has 3 heterocycles. The van der Waals surface area contributed by atoms with Crippen molar-refractivity contribution >= 4 is 40.1 Å². The molecular weight excluding hydrogens is 432 g/mol. The highest BCUT2D eigenvalue weighted by molar-refractivity contribution is 6.10. The second-order valence-corrected chi connectivity index (χ2v) is 8.05. The van der Waals surface area contributed by atoms with Gasteiger partial charge in [0.15, 0.2) is 5.65 Å². The zero-order valence-electron chi connectivity index (χ0n) is 18.9. The molecule has 4 aromatic rings. The van der Waals surface area contributed by atoms with Gasteiger partial charge < -0.3 is 20.5 Å². The molecule has 1 aliphatic heterocycles. The highest BCUT2D eigenvalue weighted by Crippen LogP contribution is 2.28. The normalized spacial score (nSPS) is 16.0. The maximum atomic E-state index is 13.2. The van der Waals surface area contributed by atoms with Gasteiger partial charge in [-0.2, -0.15) is 9.78 Å². The molecule has 1 atom stereocenters. The van der Waals surface area contributed by atoms with Crippen LogP contribution < -0.4 is 15.8 Å². The number of amides is 1. The molecular formula is C25H26N6O3. The highest BCUT2D eigenvalue weighted by atomic mass is 16.5. The van der Waals surface area contributed by atoms with Crippen molar-refractivity contribution in [3.8, 4) is 5.75 Å². The molecule has 2 aromatic heterocycles. The maximum absolute atomic E-state index is 13.2. The topological polar surface area (TPSA) is 117 Å². The highest BCUT2D eigenvalue weighted by Gasteiger charge is 2.25. The number of ether oxygens (including phenoxy) is 2. The van der Waals surface area contributed by atoms with Crippen LogP contribution in [0, 0.1) is 0 Å². The summed E-state index contributed by atoms with van der Waals surface area (Å²) in [5.41, 5.74) is 9.75. The molecule has 0 saturated carbocycles. The summed E-state index contributed by atoms with van der Waals surface area (Å²) in [6.45, 7) is 3.68. The molecule has 1 amide bonds. The standard InChI is InChI=1S/C25H26N6O3/c1-2-33-17-11-9-16(10-12-17)14-28-31-23(26)21(25(32)27-15-18-6-5-13-34-18)22-24(31)30-20-8-4-3-7-19(20)29-22/h3-4,7-12,14,18H,2,5-6,13,15,26H2,1H3,(H,27,32)/b28-14-/t18-/m0/s1. The van der Waals surface area contributed by atoms with Crippen LogP contribution in [-0.4, -0.2) is 52.6 Å². The van der Waals surface area contributed by atoms with E-state index in [0.29, 0.717) is 35.3 Å². The van der Waals surface area contributed by atoms with Crippen LogP contribution in [-0.2, 0) is 4.74 Å². The van der Waals surface area contributed by atoms with Crippen LogP contribution in [0.5, 0.6) is 5.75 Å². The van der Waals surface area contributed by atoms with Gasteiger partial charge in [-0.1, -0.05) is 12.1 Å². The van der Waals surface area contributed by atoms with E-state index in [9.17, 15) is 4.79 Å². The summed E-state index contributed by atoms with van der Waals surface area (Å²) < 4.78 is 12.6. The average molecular weight is 459 g/mol. The van der Waals surface area contributed by atoms with Gasteiger partial charge in [0.1, 0.15) is 22.6 Å². The monoisotopic (exact) mass is 458 g/mol. The molecule has 0 radical (unpaired) electrons. The minimum atomic E-state index is -0.322. The Balaban J connectivity index is 1.54. The van der Waals surface area contributed by atoms with Gasteiger partial charge in [0.2, 0.25) is 0 Å². The fourth-order valence-corrected chi connectivity index (χ4v) is 4.03. The number of nitrogens with two attached hydrogens (primary N) is 1. The number of anilines is 1. The number of rotatable bonds is 7. The average Bonchev–Trinajstić information content (AvgIpc) is 3.46. The minimum Gasteiger partial charge on any atom is -0.494 e. The van der Waals surface area contributed by atoms with Crippen LogP contribution >= 0.6 is 0 Å². The van der Waals surface area contributed by atoms with Crippen LogP contribution in [0.1, 0.15) is 35.7 Å². The van der Waals surface area contributed by atoms with Crippen molar-refractivity contribution in [2.24, 2.45) is 5.10 Å². The van der Waals surface area contributed by atoms with Crippen LogP contribution in [0.4, 0.5) is 5.82 Å². The van der Waals surface area contributed by atoms with E-state index in [1.54, 1.807) is 6.21 Å². The van der Waals surface area contributed by atoms with E-state index in [1.807, 2.05) is 55.5 Å². The molecule has 0 unspecified atom stereocenters. The first-order valence-corrected chi connectivity index (χ1v) is 11.4. The summed E-state index contributed by atoms with van der Waals surface area (Å²) in [6.07, 6.45) is 3.60. The minimum absolute atomic E-state index is 0.0168. The summed E-state index contributed by atoms with van der Waals surface area (Å²) in [5, 5.41) is 7.48. The second-order valence-electron chi connectivity index (χ2n) is 8.05. The first-order chi connectivity index (χ1) is 16.6. The lowest BCUT2D eigenvalue weighted by Gasteiger charge is -2.10. The van der Waals surface area contributed by atoms with Crippen LogP contribution in [0.15, 0.2) is 53.6 Å². The van der Waals surface area contributed by atoms with Crippen molar-refractivity contribution in [1.29, 1.82) is 0 Å². The first-order valence-electron chi connectivity index (χ1n) is 11.4. The van der Waals surface area contributed by atoms with Crippen LogP contribution in [0.3, 0.4) is 0 Å². The van der Waals surface area contributed by atoms with Gasteiger partial charge in [-0.15, -0.1) is 0 Å². The number of para-hydroxylation sites is 2. The molecule has 9 heteroatoms. The predicted molar refractivity (Wildman–Crippen MR) is 131 cm³/mol. The zero-order valence-corrected chi connectivity index (χ0v) is 18.9. The zero-order chi connectivity index (χ0) is 23.5. The summed E-state index contributed by atoms with van der Waals surface area (Å²) in [6, 6.07) is 15.0. The summed E-state index contributed by atoms with van der Waals surface area (Å²) >= 11 is 0. The van der Waals surface area contributed by atoms with Crippen molar-refractivity contribution in [2.75, 3.05) is 25.5 Å². The Morgan fingerprint density at radius 3 is 2.71 bits per heavy atom. The number of fused-ring (bicyclic) bond motifs is 2. The van der Waals surface area contributed by atoms with E-state index >= 15 is 0 Å². The van der Waals surface area contributed by atoms with Crippen LogP contribution in [0.2, 0.25) is 0 Å². The Morgan fingerprint density at radius 2 is 2.00 bits per heavy atom. The van der Waals surface area contributed by atoms with Crippen molar-refractivity contribution in [3.05, 3.63) is 59.7 Å². The molecule has 5 rings (SSSR count). The number of nitrogens with one attached hydrogen (secondary N) is 1. The van der Waals surface area contributed by atoms with E-state index in [1.165, 1.54) is 4.68 Å². The number of hydrogen-bond acceptors (Lipinski definition) is 7. The van der Waals surface area contributed by atoms with Crippen molar-refractivity contribution in [3.63, 3.8) is 0 Å². The Morgan fingerprint density at radius 1 is 1.24 bits per heavy atom. The lowest BCUT2D eigenvalue weighted by Crippen LogP contribution is -2.32. The quantitative estimate of drug-likeness (QED) is 0.410. The molecule has 174 valence electrons. The first kappa shape index (κ1) is 21.8. The van der Waals surface area contributed by atoms with E-state index in [0.717, 1.165) is 30.8 Å². The van der Waals surface area contributed by atoms with Gasteiger partial charge in [-0.05, 0) is 61.7 Å². The number of carbonyl (C=O) groups is 1. The summed E-state index contributed by atoms with van der Waals surface area (Å²) in [7, 11) is 0. The Labute approximate surface area is 196 Å². The van der Waals surface area contributed by atoms with Crippen molar-refractivity contribution in [2.45, 2.75) is 25.9 Å². The molecule has 2 aromatic carbocycles. The molecule has 1 fully saturated rings. The molecule has 3 N–H and O–H groups in total. The number of carbonyl (C=O) groups excluding carboxylic acids is 1. The van der Waals surface area contributed by atoms with E-state index in [4.69, 9.17) is 25.2 Å². The van der Waals surface area contributed by atoms with E-state index < -0.39 is 0 Å². The maximum Gasteiger partial charge on any atom is 0.257 e. The van der Waals surface area contributed by atoms with Crippen molar-refractivity contribution < 1.29 is 14.3 Å². The number of hydrogen-bond donors (Lipinski definition) is 2. The lowest BCUT2D eigenvalue weighted by molar-refractivity contribution is 0.0859. The smallest absolute Gasteiger partial charge is 0.257 e. The Hall–Kier alpha value is -3.98. The van der Waals surface area contributed by atoms with Gasteiger partial charge in [0, 0.05) is 13.2 Å². The number of benzene rings is 2. The summed E-state index contributed by atoms with van der Waals surface area (Å²) in [5.74, 6) is 0.642. The third-order valence-electron chi connectivity index (χ3n) is 5.73. The molecule has 9 nitrogen and oxygen atoms in total. The molecule has 1 aliphatic rings. The van der Waals surface area contributed by atoms with E-state index in [-0.39, 0.29) is 23.4 Å². The SMILES string of the molecule is CCOc1ccc(/C=N\n2c(N)c(C(=O)NC[C@@H]3CCCO3)c3nc4ccccc4nc32)cc1. The van der Waals surface area contributed by atoms with Gasteiger partial charge in [0.05, 0.1) is 30.0 Å². The molecule has 34 heavy (non-hydrogen) atoms. The largest absolute Gasteiger partial charge is 0.494 e. The molecule has 0 spiro atoms. The van der Waals surface area contributed by atoms with Gasteiger partial charge >= 0.3 is 0 Å². The Kier molecular flexibility index (Phi) is 6.09. The number of nitrogens with zero attached hydrogens (tertiary/aromatic N) is 4. The van der Waals surface area contributed by atoms with Gasteiger partial charge in [-0.25, -0.2) is 9.97 Å². The molecule has 0 aliphatic carbocycles.